The molecule has 2 aromatic rings. The van der Waals surface area contributed by atoms with E-state index in [9.17, 15) is 9.18 Å². The van der Waals surface area contributed by atoms with Crippen molar-refractivity contribution in [1.29, 1.82) is 0 Å². The number of hydrogen-bond donors (Lipinski definition) is 1. The predicted molar refractivity (Wildman–Crippen MR) is 69.1 cm³/mol. The summed E-state index contributed by atoms with van der Waals surface area (Å²) in [7, 11) is 0. The first-order chi connectivity index (χ1) is 9.72. The molecule has 0 aliphatic heterocycles. The van der Waals surface area contributed by atoms with E-state index in [2.05, 4.69) is 15.5 Å². The standard InChI is InChI=1S/C14H14FN3O2/c15-11-5-3-10(4-6-11)14-18-17-12(20-14)7-8-16-13(19)9-1-2-9/h3-6,9H,1-2,7-8H2,(H,16,19). The Morgan fingerprint density at radius 3 is 2.75 bits per heavy atom. The molecule has 0 atom stereocenters. The van der Waals surface area contributed by atoms with Crippen molar-refractivity contribution in [2.75, 3.05) is 6.54 Å². The van der Waals surface area contributed by atoms with Crippen molar-refractivity contribution < 1.29 is 13.6 Å². The van der Waals surface area contributed by atoms with Crippen molar-refractivity contribution >= 4 is 5.91 Å². The zero-order chi connectivity index (χ0) is 13.9. The highest BCUT2D eigenvalue weighted by atomic mass is 19.1. The summed E-state index contributed by atoms with van der Waals surface area (Å²) < 4.78 is 18.3. The quantitative estimate of drug-likeness (QED) is 0.905. The van der Waals surface area contributed by atoms with Gasteiger partial charge in [-0.3, -0.25) is 4.79 Å². The molecule has 1 aliphatic rings. The summed E-state index contributed by atoms with van der Waals surface area (Å²) in [4.78, 5) is 11.4. The third-order valence-corrected chi connectivity index (χ3v) is 3.14. The molecular formula is C14H14FN3O2. The number of carbonyl (C=O) groups excluding carboxylic acids is 1. The van der Waals surface area contributed by atoms with E-state index in [0.29, 0.717) is 30.3 Å². The molecule has 1 saturated carbocycles. The third-order valence-electron chi connectivity index (χ3n) is 3.14. The Bertz CT molecular complexity index is 605. The fourth-order valence-corrected chi connectivity index (χ4v) is 1.85. The first-order valence-electron chi connectivity index (χ1n) is 6.58. The second-order valence-corrected chi connectivity index (χ2v) is 4.82. The van der Waals surface area contributed by atoms with Gasteiger partial charge >= 0.3 is 0 Å². The molecule has 1 aromatic carbocycles. The van der Waals surface area contributed by atoms with Crippen molar-refractivity contribution in [2.45, 2.75) is 19.3 Å². The Morgan fingerprint density at radius 1 is 1.30 bits per heavy atom. The highest BCUT2D eigenvalue weighted by Crippen LogP contribution is 2.28. The number of nitrogens with zero attached hydrogens (tertiary/aromatic N) is 2. The van der Waals surface area contributed by atoms with Crippen molar-refractivity contribution in [1.82, 2.24) is 15.5 Å². The molecule has 20 heavy (non-hydrogen) atoms. The second-order valence-electron chi connectivity index (χ2n) is 4.82. The van der Waals surface area contributed by atoms with E-state index in [1.165, 1.54) is 12.1 Å². The van der Waals surface area contributed by atoms with Crippen molar-refractivity contribution in [3.05, 3.63) is 36.0 Å². The van der Waals surface area contributed by atoms with Crippen LogP contribution in [0.25, 0.3) is 11.5 Å². The Morgan fingerprint density at radius 2 is 2.05 bits per heavy atom. The fraction of sp³-hybridized carbons (Fsp3) is 0.357. The molecule has 1 aliphatic carbocycles. The van der Waals surface area contributed by atoms with E-state index in [4.69, 9.17) is 4.42 Å². The van der Waals surface area contributed by atoms with Gasteiger partial charge in [0.1, 0.15) is 5.82 Å². The molecule has 5 nitrogen and oxygen atoms in total. The normalized spacial score (nSPS) is 14.2. The highest BCUT2D eigenvalue weighted by molar-refractivity contribution is 5.80. The number of rotatable bonds is 5. The summed E-state index contributed by atoms with van der Waals surface area (Å²) in [5.74, 6) is 0.806. The molecule has 0 saturated heterocycles. The minimum absolute atomic E-state index is 0.100. The Balaban J connectivity index is 1.56. The number of hydrogen-bond acceptors (Lipinski definition) is 4. The molecule has 104 valence electrons. The lowest BCUT2D eigenvalue weighted by atomic mass is 10.2. The van der Waals surface area contributed by atoms with Crippen LogP contribution in [0, 0.1) is 11.7 Å². The van der Waals surface area contributed by atoms with Gasteiger partial charge in [-0.25, -0.2) is 4.39 Å². The molecule has 1 aromatic heterocycles. The summed E-state index contributed by atoms with van der Waals surface area (Å²) in [5, 5.41) is 10.7. The van der Waals surface area contributed by atoms with E-state index in [0.717, 1.165) is 12.8 Å². The summed E-state index contributed by atoms with van der Waals surface area (Å²) in [5.41, 5.74) is 0.673. The average Bonchev–Trinajstić information content (AvgIpc) is 3.20. The fourth-order valence-electron chi connectivity index (χ4n) is 1.85. The summed E-state index contributed by atoms with van der Waals surface area (Å²) >= 11 is 0. The third kappa shape index (κ3) is 3.01. The van der Waals surface area contributed by atoms with Crippen molar-refractivity contribution in [3.8, 4) is 11.5 Å². The summed E-state index contributed by atoms with van der Waals surface area (Å²) in [6, 6.07) is 5.85. The molecule has 6 heteroatoms. The molecule has 1 N–H and O–H groups in total. The molecule has 0 unspecified atom stereocenters. The van der Waals surface area contributed by atoms with Crippen LogP contribution >= 0.6 is 0 Å². The summed E-state index contributed by atoms with van der Waals surface area (Å²) in [6.07, 6.45) is 2.47. The SMILES string of the molecule is O=C(NCCc1nnc(-c2ccc(F)cc2)o1)C1CC1. The van der Waals surface area contributed by atoms with Crippen LogP contribution in [0.1, 0.15) is 18.7 Å². The Kier molecular flexibility index (Phi) is 3.45. The first kappa shape index (κ1) is 12.8. The van der Waals surface area contributed by atoms with Crippen molar-refractivity contribution in [2.24, 2.45) is 5.92 Å². The number of carbonyl (C=O) groups is 1. The molecule has 0 bridgehead atoms. The van der Waals surface area contributed by atoms with Crippen LogP contribution in [0.2, 0.25) is 0 Å². The van der Waals surface area contributed by atoms with Crippen LogP contribution in [0.3, 0.4) is 0 Å². The minimum Gasteiger partial charge on any atom is -0.421 e. The van der Waals surface area contributed by atoms with E-state index >= 15 is 0 Å². The van der Waals surface area contributed by atoms with E-state index in [1.807, 2.05) is 0 Å². The highest BCUT2D eigenvalue weighted by Gasteiger charge is 2.29. The maximum absolute atomic E-state index is 12.8. The second kappa shape index (κ2) is 5.40. The van der Waals surface area contributed by atoms with Gasteiger partial charge in [0.15, 0.2) is 0 Å². The first-order valence-corrected chi connectivity index (χ1v) is 6.58. The van der Waals surface area contributed by atoms with Gasteiger partial charge in [-0.15, -0.1) is 10.2 Å². The lowest BCUT2D eigenvalue weighted by molar-refractivity contribution is -0.122. The van der Waals surface area contributed by atoms with E-state index < -0.39 is 0 Å². The molecule has 0 radical (unpaired) electrons. The van der Waals surface area contributed by atoms with E-state index in [1.54, 1.807) is 12.1 Å². The van der Waals surface area contributed by atoms with E-state index in [-0.39, 0.29) is 17.6 Å². The number of benzene rings is 1. The van der Waals surface area contributed by atoms with Crippen LogP contribution in [0.5, 0.6) is 0 Å². The Labute approximate surface area is 115 Å². The van der Waals surface area contributed by atoms with Gasteiger partial charge in [0.25, 0.3) is 0 Å². The molecule has 3 rings (SSSR count). The van der Waals surface area contributed by atoms with Gasteiger partial charge < -0.3 is 9.73 Å². The molecular weight excluding hydrogens is 261 g/mol. The maximum atomic E-state index is 12.8. The van der Waals surface area contributed by atoms with Crippen LogP contribution in [-0.2, 0) is 11.2 Å². The predicted octanol–water partition coefficient (Wildman–Crippen LogP) is 1.94. The number of aromatic nitrogens is 2. The van der Waals surface area contributed by atoms with Gasteiger partial charge in [-0.2, -0.15) is 0 Å². The smallest absolute Gasteiger partial charge is 0.247 e. The largest absolute Gasteiger partial charge is 0.421 e. The van der Waals surface area contributed by atoms with Crippen LogP contribution in [0.15, 0.2) is 28.7 Å². The minimum atomic E-state index is -0.309. The zero-order valence-electron chi connectivity index (χ0n) is 10.8. The number of nitrogens with one attached hydrogen (secondary N) is 1. The molecule has 1 amide bonds. The van der Waals surface area contributed by atoms with Crippen LogP contribution < -0.4 is 5.32 Å². The Hall–Kier alpha value is -2.24. The molecule has 1 heterocycles. The average molecular weight is 275 g/mol. The number of halogens is 1. The van der Waals surface area contributed by atoms with Crippen molar-refractivity contribution in [3.63, 3.8) is 0 Å². The van der Waals surface area contributed by atoms with Gasteiger partial charge in [0.2, 0.25) is 17.7 Å². The topological polar surface area (TPSA) is 68.0 Å². The van der Waals surface area contributed by atoms with Gasteiger partial charge in [-0.05, 0) is 37.1 Å². The van der Waals surface area contributed by atoms with Gasteiger partial charge in [0.05, 0.1) is 0 Å². The maximum Gasteiger partial charge on any atom is 0.247 e. The van der Waals surface area contributed by atoms with Crippen LogP contribution in [0.4, 0.5) is 4.39 Å². The van der Waals surface area contributed by atoms with Gasteiger partial charge in [-0.1, -0.05) is 0 Å². The molecule has 0 spiro atoms. The monoisotopic (exact) mass is 275 g/mol. The number of amides is 1. The lowest BCUT2D eigenvalue weighted by Gasteiger charge is -2.00. The summed E-state index contributed by atoms with van der Waals surface area (Å²) in [6.45, 7) is 0.486. The van der Waals surface area contributed by atoms with Gasteiger partial charge in [0, 0.05) is 24.4 Å². The van der Waals surface area contributed by atoms with Crippen LogP contribution in [-0.4, -0.2) is 22.6 Å². The zero-order valence-corrected chi connectivity index (χ0v) is 10.8. The molecule has 1 fully saturated rings. The lowest BCUT2D eigenvalue weighted by Crippen LogP contribution is -2.26.